The van der Waals surface area contributed by atoms with Crippen LogP contribution in [0.1, 0.15) is 22.5 Å². The molecule has 1 aromatic rings. The molecule has 0 atom stereocenters. The van der Waals surface area contributed by atoms with Gasteiger partial charge in [-0.15, -0.1) is 0 Å². The van der Waals surface area contributed by atoms with Crippen LogP contribution < -0.4 is 5.32 Å². The summed E-state index contributed by atoms with van der Waals surface area (Å²) in [5, 5.41) is 11.1. The van der Waals surface area contributed by atoms with E-state index in [0.717, 1.165) is 12.3 Å². The lowest BCUT2D eigenvalue weighted by Crippen LogP contribution is -2.27. The molecule has 7 nitrogen and oxygen atoms in total. The van der Waals surface area contributed by atoms with Crippen molar-refractivity contribution in [3.8, 4) is 0 Å². The monoisotopic (exact) mass is 312 g/mol. The number of rotatable bonds is 7. The van der Waals surface area contributed by atoms with Gasteiger partial charge in [-0.1, -0.05) is 6.07 Å². The van der Waals surface area contributed by atoms with Gasteiger partial charge in [0.25, 0.3) is 5.91 Å². The topological polar surface area (TPSA) is 113 Å². The summed E-state index contributed by atoms with van der Waals surface area (Å²) in [6.07, 6.45) is 5.04. The van der Waals surface area contributed by atoms with Gasteiger partial charge in [0.15, 0.2) is 0 Å². The van der Waals surface area contributed by atoms with Crippen LogP contribution in [0.25, 0.3) is 6.08 Å². The molecular weight excluding hydrogens is 296 g/mol. The molecule has 0 aromatic carbocycles. The van der Waals surface area contributed by atoms with Crippen molar-refractivity contribution < 1.29 is 23.1 Å². The first-order valence-corrected chi connectivity index (χ1v) is 8.17. The molecule has 2 N–H and O–H groups in total. The molecule has 0 fully saturated rings. The third-order valence-corrected chi connectivity index (χ3v) is 3.47. The number of nitrogens with one attached hydrogen (secondary N) is 1. The van der Waals surface area contributed by atoms with Crippen LogP contribution in [0.4, 0.5) is 0 Å². The fourth-order valence-electron chi connectivity index (χ4n) is 1.52. The van der Waals surface area contributed by atoms with Gasteiger partial charge in [-0.25, -0.2) is 13.2 Å². The van der Waals surface area contributed by atoms with E-state index in [4.69, 9.17) is 5.11 Å². The molecule has 8 heteroatoms. The van der Waals surface area contributed by atoms with E-state index in [-0.39, 0.29) is 18.0 Å². The van der Waals surface area contributed by atoms with Crippen LogP contribution in [0.5, 0.6) is 0 Å². The van der Waals surface area contributed by atoms with Crippen LogP contribution in [0.2, 0.25) is 0 Å². The van der Waals surface area contributed by atoms with Crippen molar-refractivity contribution in [3.63, 3.8) is 0 Å². The molecule has 0 radical (unpaired) electrons. The highest BCUT2D eigenvalue weighted by Gasteiger charge is 2.11. The Morgan fingerprint density at radius 1 is 1.43 bits per heavy atom. The van der Waals surface area contributed by atoms with Gasteiger partial charge in [-0.05, 0) is 18.6 Å². The number of aliphatic carboxylic acids is 1. The second kappa shape index (κ2) is 7.53. The Balaban J connectivity index is 2.68. The minimum absolute atomic E-state index is 0.0126. The standard InChI is InChI=1S/C13H16N2O5S/c1-21(19,20)9-3-8-15-13(18)12-10(4-2-7-14-12)5-6-11(16)17/h2,4-7H,3,8-9H2,1H3,(H,15,18)(H,16,17)/b6-5+. The molecule has 1 rings (SSSR count). The fraction of sp³-hybridized carbons (Fsp3) is 0.308. The zero-order valence-electron chi connectivity index (χ0n) is 11.4. The quantitative estimate of drug-likeness (QED) is 0.554. The molecule has 0 saturated carbocycles. The first-order chi connectivity index (χ1) is 9.79. The van der Waals surface area contributed by atoms with E-state index in [1.54, 1.807) is 12.1 Å². The van der Waals surface area contributed by atoms with Crippen molar-refractivity contribution in [3.05, 3.63) is 35.7 Å². The molecular formula is C13H16N2O5S. The second-order valence-electron chi connectivity index (χ2n) is 4.35. The van der Waals surface area contributed by atoms with Crippen LogP contribution in [-0.2, 0) is 14.6 Å². The highest BCUT2D eigenvalue weighted by molar-refractivity contribution is 7.90. The number of hydrogen-bond acceptors (Lipinski definition) is 5. The Morgan fingerprint density at radius 2 is 2.14 bits per heavy atom. The minimum Gasteiger partial charge on any atom is -0.478 e. The van der Waals surface area contributed by atoms with Gasteiger partial charge in [0.1, 0.15) is 15.5 Å². The Hall–Kier alpha value is -2.22. The molecule has 1 heterocycles. The zero-order valence-corrected chi connectivity index (χ0v) is 12.3. The number of aromatic nitrogens is 1. The summed E-state index contributed by atoms with van der Waals surface area (Å²) >= 11 is 0. The average Bonchev–Trinajstić information content (AvgIpc) is 2.40. The fourth-order valence-corrected chi connectivity index (χ4v) is 2.19. The van der Waals surface area contributed by atoms with Gasteiger partial charge in [0.2, 0.25) is 0 Å². The summed E-state index contributed by atoms with van der Waals surface area (Å²) in [6.45, 7) is 0.199. The van der Waals surface area contributed by atoms with E-state index in [0.29, 0.717) is 12.0 Å². The lowest BCUT2D eigenvalue weighted by atomic mass is 10.1. The predicted molar refractivity (Wildman–Crippen MR) is 77.6 cm³/mol. The van der Waals surface area contributed by atoms with Crippen LogP contribution >= 0.6 is 0 Å². The number of sulfone groups is 1. The Labute approximate surface area is 122 Å². The van der Waals surface area contributed by atoms with Gasteiger partial charge in [-0.2, -0.15) is 0 Å². The van der Waals surface area contributed by atoms with Crippen LogP contribution in [0.3, 0.4) is 0 Å². The van der Waals surface area contributed by atoms with Crippen LogP contribution in [-0.4, -0.2) is 48.9 Å². The molecule has 0 saturated heterocycles. The van der Waals surface area contributed by atoms with E-state index >= 15 is 0 Å². The molecule has 0 spiro atoms. The van der Waals surface area contributed by atoms with Crippen molar-refractivity contribution in [1.29, 1.82) is 0 Å². The number of pyridine rings is 1. The molecule has 1 amide bonds. The van der Waals surface area contributed by atoms with E-state index in [2.05, 4.69) is 10.3 Å². The maximum Gasteiger partial charge on any atom is 0.328 e. The number of amides is 1. The second-order valence-corrected chi connectivity index (χ2v) is 6.61. The average molecular weight is 312 g/mol. The lowest BCUT2D eigenvalue weighted by molar-refractivity contribution is -0.131. The minimum atomic E-state index is -3.06. The highest BCUT2D eigenvalue weighted by atomic mass is 32.2. The maximum absolute atomic E-state index is 11.9. The molecule has 0 unspecified atom stereocenters. The number of carbonyl (C=O) groups excluding carboxylic acids is 1. The Bertz CT molecular complexity index is 652. The number of carboxylic acids is 1. The third-order valence-electron chi connectivity index (χ3n) is 2.44. The van der Waals surface area contributed by atoms with E-state index in [1.165, 1.54) is 12.3 Å². The van der Waals surface area contributed by atoms with E-state index < -0.39 is 21.7 Å². The number of carboxylic acid groups (broad SMARTS) is 1. The number of nitrogens with zero attached hydrogens (tertiary/aromatic N) is 1. The Morgan fingerprint density at radius 3 is 2.76 bits per heavy atom. The summed E-state index contributed by atoms with van der Waals surface area (Å²) in [4.78, 5) is 26.3. The van der Waals surface area contributed by atoms with Crippen molar-refractivity contribution in [2.45, 2.75) is 6.42 Å². The van der Waals surface area contributed by atoms with Gasteiger partial charge < -0.3 is 10.4 Å². The van der Waals surface area contributed by atoms with Crippen molar-refractivity contribution in [1.82, 2.24) is 10.3 Å². The van der Waals surface area contributed by atoms with E-state index in [9.17, 15) is 18.0 Å². The molecule has 21 heavy (non-hydrogen) atoms. The van der Waals surface area contributed by atoms with Crippen LogP contribution in [0, 0.1) is 0 Å². The van der Waals surface area contributed by atoms with Gasteiger partial charge >= 0.3 is 5.97 Å². The molecule has 0 aliphatic heterocycles. The van der Waals surface area contributed by atoms with Gasteiger partial charge in [-0.3, -0.25) is 9.78 Å². The molecule has 0 bridgehead atoms. The summed E-state index contributed by atoms with van der Waals surface area (Å²) < 4.78 is 21.9. The largest absolute Gasteiger partial charge is 0.478 e. The first kappa shape index (κ1) is 16.8. The normalized spacial score (nSPS) is 11.5. The summed E-state index contributed by atoms with van der Waals surface area (Å²) in [7, 11) is -3.06. The molecule has 1 aromatic heterocycles. The van der Waals surface area contributed by atoms with Crippen molar-refractivity contribution in [2.24, 2.45) is 0 Å². The number of carbonyl (C=O) groups is 2. The lowest BCUT2D eigenvalue weighted by Gasteiger charge is -2.06. The third kappa shape index (κ3) is 6.66. The first-order valence-electron chi connectivity index (χ1n) is 6.11. The van der Waals surface area contributed by atoms with E-state index in [1.807, 2.05) is 0 Å². The highest BCUT2D eigenvalue weighted by Crippen LogP contribution is 2.07. The predicted octanol–water partition coefficient (Wildman–Crippen LogP) is 0.344. The summed E-state index contributed by atoms with van der Waals surface area (Å²) in [5.41, 5.74) is 0.467. The van der Waals surface area contributed by atoms with Gasteiger partial charge in [0, 0.05) is 30.6 Å². The zero-order chi connectivity index (χ0) is 15.9. The van der Waals surface area contributed by atoms with Gasteiger partial charge in [0.05, 0.1) is 5.75 Å². The van der Waals surface area contributed by atoms with Crippen molar-refractivity contribution in [2.75, 3.05) is 18.6 Å². The smallest absolute Gasteiger partial charge is 0.328 e. The van der Waals surface area contributed by atoms with Crippen molar-refractivity contribution >= 4 is 27.8 Å². The van der Waals surface area contributed by atoms with Crippen LogP contribution in [0.15, 0.2) is 24.4 Å². The number of hydrogen-bond donors (Lipinski definition) is 2. The summed E-state index contributed by atoms with van der Waals surface area (Å²) in [6, 6.07) is 3.15. The molecule has 0 aliphatic carbocycles. The molecule has 114 valence electrons. The maximum atomic E-state index is 11.9. The SMILES string of the molecule is CS(=O)(=O)CCCNC(=O)c1ncccc1/C=C/C(=O)O. The summed E-state index contributed by atoms with van der Waals surface area (Å²) in [5.74, 6) is -1.62. The molecule has 0 aliphatic rings. The Kier molecular flexibility index (Phi) is 6.04.